The first-order chi connectivity index (χ1) is 16.1. The Kier molecular flexibility index (Phi) is 4.85. The highest BCUT2D eigenvalue weighted by atomic mass is 79.9. The van der Waals surface area contributed by atoms with Crippen molar-refractivity contribution in [2.75, 3.05) is 5.33 Å². The Labute approximate surface area is 198 Å². The summed E-state index contributed by atoms with van der Waals surface area (Å²) in [6.45, 7) is 0.319. The molecule has 1 N–H and O–H groups in total. The van der Waals surface area contributed by atoms with Crippen LogP contribution in [0.3, 0.4) is 0 Å². The second-order valence-corrected chi connectivity index (χ2v) is 9.40. The van der Waals surface area contributed by atoms with E-state index in [1.165, 1.54) is 5.56 Å². The van der Waals surface area contributed by atoms with Crippen LogP contribution in [0.15, 0.2) is 47.3 Å². The lowest BCUT2D eigenvalue weighted by Gasteiger charge is -2.21. The van der Waals surface area contributed by atoms with E-state index in [0.717, 1.165) is 57.5 Å². The van der Waals surface area contributed by atoms with Crippen molar-refractivity contribution >= 4 is 43.6 Å². The van der Waals surface area contributed by atoms with Gasteiger partial charge in [-0.1, -0.05) is 52.3 Å². The molecule has 0 spiro atoms. The zero-order valence-corrected chi connectivity index (χ0v) is 19.4. The molecule has 0 amide bonds. The van der Waals surface area contributed by atoms with Gasteiger partial charge in [-0.05, 0) is 36.3 Å². The van der Waals surface area contributed by atoms with Gasteiger partial charge in [-0.25, -0.2) is 9.78 Å². The largest absolute Gasteiger partial charge is 0.458 e. The number of fused-ring (bicyclic) bond motifs is 7. The number of rotatable bonds is 4. The third kappa shape index (κ3) is 3.06. The number of esters is 1. The number of pyridine rings is 2. The summed E-state index contributed by atoms with van der Waals surface area (Å²) in [7, 11) is 0. The van der Waals surface area contributed by atoms with Gasteiger partial charge in [0.05, 0.1) is 29.0 Å². The second-order valence-electron chi connectivity index (χ2n) is 8.61. The van der Waals surface area contributed by atoms with E-state index in [1.54, 1.807) is 10.6 Å². The van der Waals surface area contributed by atoms with Crippen LogP contribution in [0, 0.1) is 0 Å². The summed E-state index contributed by atoms with van der Waals surface area (Å²) >= 11 is 3.53. The summed E-state index contributed by atoms with van der Waals surface area (Å²) in [5.41, 5.74) is 5.04. The fourth-order valence-electron chi connectivity index (χ4n) is 5.13. The number of aryl methyl sites for hydroxylation is 1. The Morgan fingerprint density at radius 2 is 1.94 bits per heavy atom. The van der Waals surface area contributed by atoms with E-state index in [2.05, 4.69) is 40.2 Å². The molecule has 2 aliphatic rings. The van der Waals surface area contributed by atoms with Crippen LogP contribution in [-0.4, -0.2) is 26.0 Å². The van der Waals surface area contributed by atoms with E-state index in [0.29, 0.717) is 23.4 Å². The number of alkyl halides is 1. The highest BCUT2D eigenvalue weighted by molar-refractivity contribution is 9.09. The number of cyclic esters (lactones) is 1. The van der Waals surface area contributed by atoms with Crippen LogP contribution in [0.1, 0.15) is 41.2 Å². The van der Waals surface area contributed by atoms with E-state index in [9.17, 15) is 14.7 Å². The van der Waals surface area contributed by atoms with Crippen molar-refractivity contribution < 1.29 is 14.6 Å². The van der Waals surface area contributed by atoms with Crippen molar-refractivity contribution in [2.45, 2.75) is 38.5 Å². The monoisotopic (exact) mass is 504 g/mol. The first-order valence-electron chi connectivity index (χ1n) is 11.1. The third-order valence-corrected chi connectivity index (χ3v) is 7.34. The highest BCUT2D eigenvalue weighted by Crippen LogP contribution is 2.39. The van der Waals surface area contributed by atoms with Crippen LogP contribution in [-0.2, 0) is 29.1 Å². The van der Waals surface area contributed by atoms with Crippen LogP contribution < -0.4 is 5.56 Å². The zero-order valence-electron chi connectivity index (χ0n) is 17.8. The van der Waals surface area contributed by atoms with Gasteiger partial charge in [-0.2, -0.15) is 0 Å². The summed E-state index contributed by atoms with van der Waals surface area (Å²) in [6.07, 6.45) is 1.51. The molecule has 33 heavy (non-hydrogen) atoms. The maximum atomic E-state index is 13.3. The van der Waals surface area contributed by atoms with Crippen LogP contribution in [0.2, 0.25) is 0 Å². The predicted octanol–water partition coefficient (Wildman–Crippen LogP) is 4.39. The Balaban J connectivity index is 1.65. The quantitative estimate of drug-likeness (QED) is 0.170. The molecule has 0 bridgehead atoms. The predicted molar refractivity (Wildman–Crippen MR) is 130 cm³/mol. The van der Waals surface area contributed by atoms with E-state index >= 15 is 0 Å². The number of unbranched alkanes of at least 4 members (excludes halogenated alkanes) is 1. The van der Waals surface area contributed by atoms with E-state index in [-0.39, 0.29) is 12.2 Å². The number of nitrogens with zero attached hydrogens (tertiary/aromatic N) is 2. The summed E-state index contributed by atoms with van der Waals surface area (Å²) in [5.74, 6) is -0.724. The third-order valence-electron chi connectivity index (χ3n) is 6.78. The van der Waals surface area contributed by atoms with Crippen molar-refractivity contribution in [3.8, 4) is 11.4 Å². The molecule has 7 heteroatoms. The molecule has 2 aliphatic heterocycles. The van der Waals surface area contributed by atoms with Crippen molar-refractivity contribution in [2.24, 2.45) is 0 Å². The number of aliphatic hydroxyl groups excluding tert-OH is 1. The molecular formula is C26H21BrN2O4. The van der Waals surface area contributed by atoms with Gasteiger partial charge in [0.1, 0.15) is 6.61 Å². The van der Waals surface area contributed by atoms with Gasteiger partial charge in [-0.3, -0.25) is 4.79 Å². The molecule has 1 atom stereocenters. The molecule has 1 unspecified atom stereocenters. The number of carbonyl (C=O) groups excluding carboxylic acids is 1. The Hall–Kier alpha value is -3.03. The molecule has 6 nitrogen and oxygen atoms in total. The fourth-order valence-corrected chi connectivity index (χ4v) is 5.52. The molecule has 6 rings (SSSR count). The van der Waals surface area contributed by atoms with Crippen molar-refractivity contribution in [3.63, 3.8) is 0 Å². The van der Waals surface area contributed by atoms with E-state index in [1.807, 2.05) is 12.1 Å². The van der Waals surface area contributed by atoms with Crippen LogP contribution in [0.5, 0.6) is 0 Å². The molecule has 0 saturated carbocycles. The zero-order chi connectivity index (χ0) is 22.7. The summed E-state index contributed by atoms with van der Waals surface area (Å²) < 4.78 is 6.72. The van der Waals surface area contributed by atoms with Gasteiger partial charge < -0.3 is 14.4 Å². The normalized spacial score (nSPS) is 16.5. The van der Waals surface area contributed by atoms with Gasteiger partial charge >= 0.3 is 5.97 Å². The lowest BCUT2D eigenvalue weighted by atomic mass is 9.94. The van der Waals surface area contributed by atoms with Crippen LogP contribution in [0.25, 0.3) is 33.1 Å². The number of aliphatic hydroxyl groups is 1. The van der Waals surface area contributed by atoms with Gasteiger partial charge in [0.15, 0.2) is 6.10 Å². The van der Waals surface area contributed by atoms with Gasteiger partial charge in [0, 0.05) is 27.2 Å². The topological polar surface area (TPSA) is 81.4 Å². The molecular weight excluding hydrogens is 484 g/mol. The minimum Gasteiger partial charge on any atom is -0.458 e. The number of aromatic nitrogens is 2. The number of hydrogen-bond donors (Lipinski definition) is 1. The van der Waals surface area contributed by atoms with Gasteiger partial charge in [0.25, 0.3) is 5.56 Å². The number of benzene rings is 2. The van der Waals surface area contributed by atoms with Gasteiger partial charge in [0.2, 0.25) is 0 Å². The molecule has 0 saturated heterocycles. The molecule has 0 radical (unpaired) electrons. The first-order valence-corrected chi connectivity index (χ1v) is 12.2. The number of halogens is 1. The summed E-state index contributed by atoms with van der Waals surface area (Å²) in [5, 5.41) is 14.6. The lowest BCUT2D eigenvalue weighted by Crippen LogP contribution is -2.32. The van der Waals surface area contributed by atoms with Crippen molar-refractivity contribution in [1.29, 1.82) is 0 Å². The molecule has 4 aromatic rings. The Morgan fingerprint density at radius 1 is 1.09 bits per heavy atom. The highest BCUT2D eigenvalue weighted by Gasteiger charge is 2.34. The molecule has 166 valence electrons. The first kappa shape index (κ1) is 20.6. The molecule has 4 heterocycles. The average molecular weight is 505 g/mol. The minimum absolute atomic E-state index is 0.112. The van der Waals surface area contributed by atoms with Crippen molar-refractivity contribution in [3.05, 3.63) is 75.1 Å². The number of hydrogen-bond acceptors (Lipinski definition) is 5. The summed E-state index contributed by atoms with van der Waals surface area (Å²) in [4.78, 5) is 30.3. The molecule has 2 aromatic heterocycles. The number of carbonyl (C=O) groups is 1. The van der Waals surface area contributed by atoms with E-state index in [4.69, 9.17) is 9.72 Å². The smallest absolute Gasteiger partial charge is 0.340 e. The van der Waals surface area contributed by atoms with Crippen LogP contribution in [0.4, 0.5) is 0 Å². The maximum Gasteiger partial charge on any atom is 0.340 e. The fraction of sp³-hybridized carbons (Fsp3) is 0.269. The molecule has 0 fully saturated rings. The van der Waals surface area contributed by atoms with Crippen molar-refractivity contribution in [1.82, 2.24) is 9.55 Å². The van der Waals surface area contributed by atoms with E-state index < -0.39 is 12.1 Å². The summed E-state index contributed by atoms with van der Waals surface area (Å²) in [6, 6.07) is 14.2. The van der Waals surface area contributed by atoms with Crippen LogP contribution >= 0.6 is 15.9 Å². The standard InChI is InChI=1S/C26H21BrN2O4/c27-10-4-3-7-16-17-9-8-14-5-1-2-6-15(14)22(17)28-23-19(16)12-29-21(23)11-18-20(25(29)31)13-33-26(32)24(18)30/h1-2,5-6,8-9,11,24,30H,3-4,7,10,12-13H2. The Bertz CT molecular complexity index is 1530. The average Bonchev–Trinajstić information content (AvgIpc) is 3.20. The lowest BCUT2D eigenvalue weighted by molar-refractivity contribution is -0.157. The maximum absolute atomic E-state index is 13.3. The number of ether oxygens (including phenoxy) is 1. The van der Waals surface area contributed by atoms with Gasteiger partial charge in [-0.15, -0.1) is 0 Å². The SMILES string of the molecule is O=C1OCc2c(cc3n(c2=O)Cc2c-3nc3c(ccc4ccccc43)c2CCCCBr)C1O. The second kappa shape index (κ2) is 7.78. The molecule has 0 aliphatic carbocycles. The Morgan fingerprint density at radius 3 is 2.79 bits per heavy atom. The molecule has 2 aromatic carbocycles. The minimum atomic E-state index is -1.45.